The number of carbonyl (C=O) groups is 1. The van der Waals surface area contributed by atoms with E-state index < -0.39 is 0 Å². The highest BCUT2D eigenvalue weighted by Gasteiger charge is 2.11. The lowest BCUT2D eigenvalue weighted by molar-refractivity contribution is -0.116. The van der Waals surface area contributed by atoms with Crippen LogP contribution >= 0.6 is 11.3 Å². The van der Waals surface area contributed by atoms with Crippen molar-refractivity contribution in [3.8, 4) is 0 Å². The Bertz CT molecular complexity index is 685. The van der Waals surface area contributed by atoms with Gasteiger partial charge in [-0.05, 0) is 31.4 Å². The van der Waals surface area contributed by atoms with Crippen molar-refractivity contribution < 1.29 is 4.79 Å². The number of para-hydroxylation sites is 1. The van der Waals surface area contributed by atoms with Crippen LogP contribution < -0.4 is 10.2 Å². The molecule has 2 aromatic rings. The van der Waals surface area contributed by atoms with Crippen LogP contribution in [0.25, 0.3) is 0 Å². The van der Waals surface area contributed by atoms with Gasteiger partial charge in [0.15, 0.2) is 0 Å². The van der Waals surface area contributed by atoms with E-state index in [1.54, 1.807) is 5.38 Å². The summed E-state index contributed by atoms with van der Waals surface area (Å²) in [6.07, 6.45) is 0.856. The first kappa shape index (κ1) is 14.5. The maximum absolute atomic E-state index is 12.1. The van der Waals surface area contributed by atoms with Gasteiger partial charge in [0, 0.05) is 16.8 Å². The summed E-state index contributed by atoms with van der Waals surface area (Å²) < 4.78 is 1.49. The van der Waals surface area contributed by atoms with E-state index in [0.717, 1.165) is 40.3 Å². The molecule has 0 atom stereocenters. The lowest BCUT2D eigenvalue weighted by Gasteiger charge is -2.13. The molecule has 5 heteroatoms. The van der Waals surface area contributed by atoms with E-state index in [0.29, 0.717) is 0 Å². The second kappa shape index (κ2) is 6.05. The highest BCUT2D eigenvalue weighted by molar-refractivity contribution is 7.07. The highest BCUT2D eigenvalue weighted by Crippen LogP contribution is 2.21. The second-order valence-electron chi connectivity index (χ2n) is 4.74. The Morgan fingerprint density at radius 1 is 1.35 bits per heavy atom. The molecule has 1 amide bonds. The average molecular weight is 290 g/mol. The molecule has 0 fully saturated rings. The zero-order valence-corrected chi connectivity index (χ0v) is 12.7. The minimum atomic E-state index is -0.169. The van der Waals surface area contributed by atoms with Crippen molar-refractivity contribution in [3.05, 3.63) is 50.1 Å². The summed E-state index contributed by atoms with van der Waals surface area (Å²) in [5.41, 5.74) is 3.82. The van der Waals surface area contributed by atoms with Crippen LogP contribution in [0.3, 0.4) is 0 Å². The Labute approximate surface area is 122 Å². The van der Waals surface area contributed by atoms with Gasteiger partial charge in [-0.2, -0.15) is 0 Å². The maximum atomic E-state index is 12.1. The fourth-order valence-electron chi connectivity index (χ4n) is 2.12. The lowest BCUT2D eigenvalue weighted by atomic mass is 10.1. The van der Waals surface area contributed by atoms with Gasteiger partial charge in [-0.15, -0.1) is 0 Å². The predicted octanol–water partition coefficient (Wildman–Crippen LogP) is 2.73. The number of rotatable bonds is 4. The number of aromatic nitrogens is 1. The van der Waals surface area contributed by atoms with E-state index in [2.05, 4.69) is 12.2 Å². The van der Waals surface area contributed by atoms with Crippen molar-refractivity contribution >= 4 is 22.9 Å². The molecular weight excluding hydrogens is 272 g/mol. The first-order valence-electron chi connectivity index (χ1n) is 6.56. The predicted molar refractivity (Wildman–Crippen MR) is 82.5 cm³/mol. The number of amides is 1. The lowest BCUT2D eigenvalue weighted by Crippen LogP contribution is -2.25. The molecule has 0 radical (unpaired) electrons. The normalized spacial score (nSPS) is 10.6. The first-order chi connectivity index (χ1) is 9.52. The molecule has 0 aliphatic heterocycles. The summed E-state index contributed by atoms with van der Waals surface area (Å²) in [5, 5.41) is 4.69. The number of thiazole rings is 1. The molecule has 0 aliphatic carbocycles. The molecule has 4 nitrogen and oxygen atoms in total. The number of aryl methyl sites for hydroxylation is 3. The Hall–Kier alpha value is -1.88. The van der Waals surface area contributed by atoms with E-state index in [4.69, 9.17) is 0 Å². The Balaban J connectivity index is 2.19. The summed E-state index contributed by atoms with van der Waals surface area (Å²) in [6, 6.07) is 5.96. The molecule has 1 heterocycles. The Kier molecular flexibility index (Phi) is 4.39. The minimum Gasteiger partial charge on any atom is -0.324 e. The summed E-state index contributed by atoms with van der Waals surface area (Å²) in [5.74, 6) is -0.169. The van der Waals surface area contributed by atoms with Gasteiger partial charge < -0.3 is 5.32 Å². The van der Waals surface area contributed by atoms with Crippen LogP contribution in [0, 0.1) is 13.8 Å². The second-order valence-corrected chi connectivity index (χ2v) is 5.56. The number of hydrogen-bond donors (Lipinski definition) is 1. The van der Waals surface area contributed by atoms with Crippen molar-refractivity contribution in [1.29, 1.82) is 0 Å². The van der Waals surface area contributed by atoms with Gasteiger partial charge in [0.1, 0.15) is 6.54 Å². The van der Waals surface area contributed by atoms with E-state index in [1.807, 2.05) is 32.0 Å². The first-order valence-corrected chi connectivity index (χ1v) is 7.44. The summed E-state index contributed by atoms with van der Waals surface area (Å²) >= 11 is 1.12. The molecule has 0 saturated carbocycles. The Morgan fingerprint density at radius 3 is 2.70 bits per heavy atom. The maximum Gasteiger partial charge on any atom is 0.307 e. The number of benzene rings is 1. The monoisotopic (exact) mass is 290 g/mol. The number of nitrogens with zero attached hydrogens (tertiary/aromatic N) is 1. The summed E-state index contributed by atoms with van der Waals surface area (Å²) in [4.78, 5) is 23.7. The summed E-state index contributed by atoms with van der Waals surface area (Å²) in [7, 11) is 0. The fourth-order valence-corrected chi connectivity index (χ4v) is 2.86. The van der Waals surface area contributed by atoms with Gasteiger partial charge in [0.25, 0.3) is 0 Å². The van der Waals surface area contributed by atoms with Crippen LogP contribution in [-0.4, -0.2) is 10.5 Å². The highest BCUT2D eigenvalue weighted by atomic mass is 32.1. The number of hydrogen-bond acceptors (Lipinski definition) is 3. The van der Waals surface area contributed by atoms with Crippen LogP contribution in [0.15, 0.2) is 28.4 Å². The van der Waals surface area contributed by atoms with Crippen LogP contribution in [0.5, 0.6) is 0 Å². The van der Waals surface area contributed by atoms with E-state index >= 15 is 0 Å². The van der Waals surface area contributed by atoms with Crippen LogP contribution in [-0.2, 0) is 17.8 Å². The standard InChI is InChI=1S/C15H18N2O2S/c1-4-12-7-5-6-10(2)14(12)16-13(18)8-17-11(3)9-20-15(17)19/h5-7,9H,4,8H2,1-3H3,(H,16,18). The van der Waals surface area contributed by atoms with Gasteiger partial charge in [-0.1, -0.05) is 36.5 Å². The molecule has 1 N–H and O–H groups in total. The van der Waals surface area contributed by atoms with Crippen molar-refractivity contribution in [3.63, 3.8) is 0 Å². The molecule has 1 aromatic carbocycles. The third-order valence-corrected chi connectivity index (χ3v) is 4.16. The largest absolute Gasteiger partial charge is 0.324 e. The minimum absolute atomic E-state index is 0.0612. The smallest absolute Gasteiger partial charge is 0.307 e. The molecule has 0 bridgehead atoms. The third-order valence-electron chi connectivity index (χ3n) is 3.28. The SMILES string of the molecule is CCc1cccc(C)c1NC(=O)Cn1c(C)csc1=O. The third kappa shape index (κ3) is 2.99. The summed E-state index contributed by atoms with van der Waals surface area (Å²) in [6.45, 7) is 5.91. The van der Waals surface area contributed by atoms with Crippen molar-refractivity contribution in [1.82, 2.24) is 4.57 Å². The molecule has 0 aliphatic rings. The van der Waals surface area contributed by atoms with Gasteiger partial charge >= 0.3 is 4.87 Å². The molecule has 0 unspecified atom stereocenters. The van der Waals surface area contributed by atoms with Gasteiger partial charge in [-0.25, -0.2) is 0 Å². The number of carbonyl (C=O) groups excluding carboxylic acids is 1. The molecule has 0 spiro atoms. The molecule has 106 valence electrons. The topological polar surface area (TPSA) is 51.1 Å². The molecule has 20 heavy (non-hydrogen) atoms. The van der Waals surface area contributed by atoms with E-state index in [1.165, 1.54) is 4.57 Å². The van der Waals surface area contributed by atoms with Gasteiger partial charge in [0.2, 0.25) is 5.91 Å². The Morgan fingerprint density at radius 2 is 2.10 bits per heavy atom. The molecule has 2 rings (SSSR count). The fraction of sp³-hybridized carbons (Fsp3) is 0.333. The average Bonchev–Trinajstić information content (AvgIpc) is 2.73. The molecule has 1 aromatic heterocycles. The van der Waals surface area contributed by atoms with E-state index in [9.17, 15) is 9.59 Å². The van der Waals surface area contributed by atoms with Crippen LogP contribution in [0.2, 0.25) is 0 Å². The van der Waals surface area contributed by atoms with Crippen LogP contribution in [0.4, 0.5) is 5.69 Å². The van der Waals surface area contributed by atoms with Crippen LogP contribution in [0.1, 0.15) is 23.7 Å². The zero-order valence-electron chi connectivity index (χ0n) is 11.9. The zero-order chi connectivity index (χ0) is 14.7. The quantitative estimate of drug-likeness (QED) is 0.941. The number of nitrogens with one attached hydrogen (secondary N) is 1. The molecule has 0 saturated heterocycles. The van der Waals surface area contributed by atoms with Gasteiger partial charge in [0.05, 0.1) is 0 Å². The number of anilines is 1. The van der Waals surface area contributed by atoms with Crippen molar-refractivity contribution in [2.75, 3.05) is 5.32 Å². The van der Waals surface area contributed by atoms with Crippen molar-refractivity contribution in [2.24, 2.45) is 0 Å². The molecular formula is C15H18N2O2S. The van der Waals surface area contributed by atoms with Gasteiger partial charge in [-0.3, -0.25) is 14.2 Å². The van der Waals surface area contributed by atoms with E-state index in [-0.39, 0.29) is 17.3 Å². The van der Waals surface area contributed by atoms with Crippen molar-refractivity contribution in [2.45, 2.75) is 33.7 Å².